The smallest absolute Gasteiger partial charge is 0.153 e. The van der Waals surface area contributed by atoms with Crippen LogP contribution in [0.25, 0.3) is 0 Å². The number of rotatable bonds is 2. The number of hydrogen-bond acceptors (Lipinski definition) is 2. The molecule has 0 saturated carbocycles. The first-order valence-corrected chi connectivity index (χ1v) is 6.71. The number of ether oxygens (including phenoxy) is 1. The van der Waals surface area contributed by atoms with Crippen molar-refractivity contribution in [1.82, 2.24) is 0 Å². The summed E-state index contributed by atoms with van der Waals surface area (Å²) in [7, 11) is 0. The zero-order valence-electron chi connectivity index (χ0n) is 9.51. The maximum Gasteiger partial charge on any atom is 0.153 e. The lowest BCUT2D eigenvalue weighted by atomic mass is 10.2. The second-order valence-corrected chi connectivity index (χ2v) is 5.46. The van der Waals surface area contributed by atoms with Crippen molar-refractivity contribution in [3.05, 3.63) is 50.4 Å². The molecule has 0 aliphatic carbocycles. The van der Waals surface area contributed by atoms with E-state index in [1.807, 2.05) is 19.1 Å². The van der Waals surface area contributed by atoms with Gasteiger partial charge in [0.25, 0.3) is 0 Å². The molecule has 2 N–H and O–H groups in total. The highest BCUT2D eigenvalue weighted by molar-refractivity contribution is 9.10. The summed E-state index contributed by atoms with van der Waals surface area (Å²) in [5.41, 5.74) is 7.37. The van der Waals surface area contributed by atoms with Crippen molar-refractivity contribution in [2.75, 3.05) is 5.73 Å². The van der Waals surface area contributed by atoms with Crippen LogP contribution in [0.5, 0.6) is 11.5 Å². The molecule has 0 aliphatic heterocycles. The van der Waals surface area contributed by atoms with Crippen LogP contribution in [0.15, 0.2) is 34.8 Å². The van der Waals surface area contributed by atoms with Crippen molar-refractivity contribution in [3.8, 4) is 11.5 Å². The molecule has 0 atom stereocenters. The Labute approximate surface area is 124 Å². The number of nitrogen functional groups attached to an aromatic ring is 1. The Morgan fingerprint density at radius 1 is 1.17 bits per heavy atom. The molecule has 0 unspecified atom stereocenters. The number of benzene rings is 2. The van der Waals surface area contributed by atoms with Crippen molar-refractivity contribution < 1.29 is 4.74 Å². The van der Waals surface area contributed by atoms with Gasteiger partial charge in [-0.1, -0.05) is 35.3 Å². The van der Waals surface area contributed by atoms with E-state index >= 15 is 0 Å². The van der Waals surface area contributed by atoms with Crippen LogP contribution in [0, 0.1) is 6.92 Å². The molecule has 2 aromatic rings. The van der Waals surface area contributed by atoms with E-state index in [0.717, 1.165) is 10.0 Å². The van der Waals surface area contributed by atoms with Crippen LogP contribution in [0.3, 0.4) is 0 Å². The maximum atomic E-state index is 6.10. The fourth-order valence-corrected chi connectivity index (χ4v) is 2.34. The number of hydrogen-bond donors (Lipinski definition) is 1. The molecule has 2 aromatic carbocycles. The lowest BCUT2D eigenvalue weighted by molar-refractivity contribution is 0.481. The van der Waals surface area contributed by atoms with Gasteiger partial charge in [0.2, 0.25) is 0 Å². The van der Waals surface area contributed by atoms with Gasteiger partial charge in [0, 0.05) is 10.5 Å². The number of para-hydroxylation sites is 1. The van der Waals surface area contributed by atoms with Crippen molar-refractivity contribution in [1.29, 1.82) is 0 Å². The molecule has 0 aliphatic rings. The molecule has 5 heteroatoms. The van der Waals surface area contributed by atoms with Crippen LogP contribution in [0.4, 0.5) is 5.69 Å². The highest BCUT2D eigenvalue weighted by Gasteiger charge is 2.11. The number of aryl methyl sites for hydroxylation is 1. The summed E-state index contributed by atoms with van der Waals surface area (Å²) in [5.74, 6) is 1.07. The van der Waals surface area contributed by atoms with Gasteiger partial charge < -0.3 is 10.5 Å². The molecule has 0 aromatic heterocycles. The molecule has 94 valence electrons. The third kappa shape index (κ3) is 2.74. The summed E-state index contributed by atoms with van der Waals surface area (Å²) in [5, 5.41) is 0.996. The Hall–Kier alpha value is -0.900. The molecule has 2 rings (SSSR count). The van der Waals surface area contributed by atoms with Gasteiger partial charge in [-0.3, -0.25) is 0 Å². The molecular formula is C13H10BrCl2NO. The molecule has 0 saturated heterocycles. The van der Waals surface area contributed by atoms with Crippen LogP contribution in [-0.4, -0.2) is 0 Å². The van der Waals surface area contributed by atoms with Crippen LogP contribution in [0.2, 0.25) is 10.0 Å². The number of halogens is 3. The average molecular weight is 347 g/mol. The van der Waals surface area contributed by atoms with Crippen LogP contribution in [-0.2, 0) is 0 Å². The fourth-order valence-electron chi connectivity index (χ4n) is 1.51. The minimum atomic E-state index is 0.467. The average Bonchev–Trinajstić information content (AvgIpc) is 2.30. The van der Waals surface area contributed by atoms with Crippen molar-refractivity contribution in [2.45, 2.75) is 6.92 Å². The molecular weight excluding hydrogens is 337 g/mol. The zero-order valence-corrected chi connectivity index (χ0v) is 12.6. The summed E-state index contributed by atoms with van der Waals surface area (Å²) < 4.78 is 6.47. The van der Waals surface area contributed by atoms with E-state index in [1.54, 1.807) is 18.2 Å². The standard InChI is InChI=1S/C13H10BrCl2NO/c1-7-3-2-4-11(17)13(7)18-12-6-9(15)8(14)5-10(12)16/h2-6H,17H2,1H3. The molecule has 0 heterocycles. The lowest BCUT2D eigenvalue weighted by Crippen LogP contribution is -1.95. The Balaban J connectivity index is 2.43. The van der Waals surface area contributed by atoms with Gasteiger partial charge in [-0.05, 0) is 40.5 Å². The first kappa shape index (κ1) is 13.5. The topological polar surface area (TPSA) is 35.2 Å². The largest absolute Gasteiger partial charge is 0.453 e. The van der Waals surface area contributed by atoms with Crippen molar-refractivity contribution in [2.24, 2.45) is 0 Å². The molecule has 0 fully saturated rings. The summed E-state index contributed by atoms with van der Waals surface area (Å²) in [6.07, 6.45) is 0. The van der Waals surface area contributed by atoms with E-state index in [2.05, 4.69) is 15.9 Å². The van der Waals surface area contributed by atoms with E-state index in [9.17, 15) is 0 Å². The van der Waals surface area contributed by atoms with Gasteiger partial charge in [0.05, 0.1) is 15.7 Å². The highest BCUT2D eigenvalue weighted by Crippen LogP contribution is 2.38. The highest BCUT2D eigenvalue weighted by atomic mass is 79.9. The van der Waals surface area contributed by atoms with Gasteiger partial charge in [0.1, 0.15) is 5.75 Å². The lowest BCUT2D eigenvalue weighted by Gasteiger charge is -2.13. The fraction of sp³-hybridized carbons (Fsp3) is 0.0769. The second kappa shape index (κ2) is 5.39. The Morgan fingerprint density at radius 2 is 1.89 bits per heavy atom. The van der Waals surface area contributed by atoms with Crippen LogP contribution < -0.4 is 10.5 Å². The van der Waals surface area contributed by atoms with E-state index in [1.165, 1.54) is 0 Å². The zero-order chi connectivity index (χ0) is 13.3. The van der Waals surface area contributed by atoms with Gasteiger partial charge >= 0.3 is 0 Å². The minimum absolute atomic E-state index is 0.467. The molecule has 0 spiro atoms. The summed E-state index contributed by atoms with van der Waals surface area (Å²) in [6.45, 7) is 1.92. The summed E-state index contributed by atoms with van der Waals surface area (Å²) in [4.78, 5) is 0. The van der Waals surface area contributed by atoms with E-state index < -0.39 is 0 Å². The second-order valence-electron chi connectivity index (χ2n) is 3.79. The molecule has 0 bridgehead atoms. The first-order valence-electron chi connectivity index (χ1n) is 5.16. The third-order valence-electron chi connectivity index (χ3n) is 2.43. The van der Waals surface area contributed by atoms with Crippen LogP contribution in [0.1, 0.15) is 5.56 Å². The molecule has 0 amide bonds. The molecule has 0 radical (unpaired) electrons. The monoisotopic (exact) mass is 345 g/mol. The van der Waals surface area contributed by atoms with Crippen LogP contribution >= 0.6 is 39.1 Å². The molecule has 2 nitrogen and oxygen atoms in total. The predicted octanol–water partition coefficient (Wildman–Crippen LogP) is 5.44. The summed E-state index contributed by atoms with van der Waals surface area (Å²) >= 11 is 15.4. The number of nitrogens with two attached hydrogens (primary N) is 1. The van der Waals surface area contributed by atoms with Gasteiger partial charge in [-0.2, -0.15) is 0 Å². The van der Waals surface area contributed by atoms with Crippen molar-refractivity contribution in [3.63, 3.8) is 0 Å². The SMILES string of the molecule is Cc1cccc(N)c1Oc1cc(Cl)c(Br)cc1Cl. The van der Waals surface area contributed by atoms with Crippen molar-refractivity contribution >= 4 is 44.8 Å². The minimum Gasteiger partial charge on any atom is -0.453 e. The van der Waals surface area contributed by atoms with E-state index in [4.69, 9.17) is 33.7 Å². The van der Waals surface area contributed by atoms with Gasteiger partial charge in [-0.15, -0.1) is 0 Å². The maximum absolute atomic E-state index is 6.10. The van der Waals surface area contributed by atoms with E-state index in [0.29, 0.717) is 27.2 Å². The first-order chi connectivity index (χ1) is 8.49. The quantitative estimate of drug-likeness (QED) is 0.580. The Kier molecular flexibility index (Phi) is 4.05. The predicted molar refractivity (Wildman–Crippen MR) is 79.8 cm³/mol. The third-order valence-corrected chi connectivity index (χ3v) is 3.92. The van der Waals surface area contributed by atoms with Gasteiger partial charge in [-0.25, -0.2) is 0 Å². The Bertz CT molecular complexity index is 582. The molecule has 18 heavy (non-hydrogen) atoms. The van der Waals surface area contributed by atoms with E-state index in [-0.39, 0.29) is 0 Å². The summed E-state index contributed by atoms with van der Waals surface area (Å²) in [6, 6.07) is 8.90. The van der Waals surface area contributed by atoms with Gasteiger partial charge in [0.15, 0.2) is 5.75 Å². The number of anilines is 1. The normalized spacial score (nSPS) is 10.4. The Morgan fingerprint density at radius 3 is 2.56 bits per heavy atom.